The molecule has 5 rings (SSSR count). The molecule has 2 aliphatic heterocycles. The van der Waals surface area contributed by atoms with Gasteiger partial charge in [-0.2, -0.15) is 5.26 Å². The Bertz CT molecular complexity index is 1290. The maximum absolute atomic E-state index is 14.1. The number of hydrogen-bond donors (Lipinski definition) is 1. The van der Waals surface area contributed by atoms with E-state index in [2.05, 4.69) is 35.8 Å². The quantitative estimate of drug-likeness (QED) is 0.472. The SMILES string of the molecule is CC[C@@H](C)C(=O)N[C@H](C(=O)N1CCC[C@H]1c1nc(-c2ccc(C#N)c3c2C(C)CC=C3)cs1)C1CCOCC1. The van der Waals surface area contributed by atoms with Gasteiger partial charge in [-0.25, -0.2) is 4.98 Å². The van der Waals surface area contributed by atoms with Crippen LogP contribution in [-0.2, 0) is 14.3 Å². The molecule has 2 aromatic rings. The first-order valence-electron chi connectivity index (χ1n) is 14.3. The summed E-state index contributed by atoms with van der Waals surface area (Å²) in [5.41, 5.74) is 4.85. The summed E-state index contributed by atoms with van der Waals surface area (Å²) in [5, 5.41) is 15.8. The molecule has 1 N–H and O–H groups in total. The van der Waals surface area contributed by atoms with E-state index in [4.69, 9.17) is 9.72 Å². The number of allylic oxidation sites excluding steroid dienone is 1. The molecule has 0 radical (unpaired) electrons. The molecule has 206 valence electrons. The van der Waals surface area contributed by atoms with E-state index in [-0.39, 0.29) is 29.7 Å². The maximum Gasteiger partial charge on any atom is 0.246 e. The minimum absolute atomic E-state index is 0.00677. The Hall–Kier alpha value is -3.02. The monoisotopic (exact) mass is 546 g/mol. The van der Waals surface area contributed by atoms with Crippen molar-refractivity contribution < 1.29 is 14.3 Å². The molecule has 7 nitrogen and oxygen atoms in total. The first-order chi connectivity index (χ1) is 18.9. The summed E-state index contributed by atoms with van der Waals surface area (Å²) in [6.45, 7) is 8.02. The molecule has 2 fully saturated rings. The highest BCUT2D eigenvalue weighted by Gasteiger charge is 2.40. The number of aromatic nitrogens is 1. The van der Waals surface area contributed by atoms with Gasteiger partial charge in [0.25, 0.3) is 0 Å². The lowest BCUT2D eigenvalue weighted by atomic mass is 9.82. The van der Waals surface area contributed by atoms with Crippen LogP contribution in [0.1, 0.15) is 93.0 Å². The Morgan fingerprint density at radius 1 is 1.28 bits per heavy atom. The van der Waals surface area contributed by atoms with Crippen molar-refractivity contribution in [2.24, 2.45) is 11.8 Å². The molecule has 1 unspecified atom stereocenters. The van der Waals surface area contributed by atoms with Gasteiger partial charge in [-0.15, -0.1) is 11.3 Å². The Balaban J connectivity index is 1.42. The number of rotatable bonds is 7. The second kappa shape index (κ2) is 12.0. The van der Waals surface area contributed by atoms with E-state index in [1.165, 1.54) is 5.56 Å². The molecule has 4 atom stereocenters. The summed E-state index contributed by atoms with van der Waals surface area (Å²) in [5.74, 6) is 0.201. The van der Waals surface area contributed by atoms with Gasteiger partial charge in [0.2, 0.25) is 11.8 Å². The van der Waals surface area contributed by atoms with Crippen LogP contribution < -0.4 is 5.32 Å². The molecular weight excluding hydrogens is 508 g/mol. The number of fused-ring (bicyclic) bond motifs is 1. The zero-order valence-corrected chi connectivity index (χ0v) is 23.9. The van der Waals surface area contributed by atoms with Crippen molar-refractivity contribution in [1.29, 1.82) is 5.26 Å². The van der Waals surface area contributed by atoms with Gasteiger partial charge in [0.05, 0.1) is 23.4 Å². The van der Waals surface area contributed by atoms with Crippen LogP contribution in [0.4, 0.5) is 0 Å². The number of nitriles is 1. The second-order valence-corrected chi connectivity index (χ2v) is 12.0. The van der Waals surface area contributed by atoms with Crippen LogP contribution in [0.25, 0.3) is 17.3 Å². The van der Waals surface area contributed by atoms with Gasteiger partial charge in [0, 0.05) is 36.6 Å². The third-order valence-corrected chi connectivity index (χ3v) is 9.60. The van der Waals surface area contributed by atoms with Gasteiger partial charge in [-0.1, -0.05) is 39.0 Å². The molecule has 2 amide bonds. The topological polar surface area (TPSA) is 95.3 Å². The Morgan fingerprint density at radius 3 is 2.82 bits per heavy atom. The number of ether oxygens (including phenoxy) is 1. The number of hydrogen-bond acceptors (Lipinski definition) is 6. The van der Waals surface area contributed by atoms with Crippen molar-refractivity contribution >= 4 is 29.2 Å². The number of carbonyl (C=O) groups excluding carboxylic acids is 2. The Labute approximate surface area is 235 Å². The van der Waals surface area contributed by atoms with Crippen molar-refractivity contribution in [3.63, 3.8) is 0 Å². The molecule has 2 saturated heterocycles. The summed E-state index contributed by atoms with van der Waals surface area (Å²) >= 11 is 1.60. The standard InChI is InChI=1S/C31H38N4O3S/c1-4-19(2)29(36)34-28(21-12-15-38-16-13-21)31(37)35-14-6-9-26(35)30-33-25(18-39-30)24-11-10-22(17-32)23-8-5-7-20(3)27(23)24/h5,8,10-11,18-21,26,28H,4,6-7,9,12-16H2,1-3H3,(H,34,36)/t19-,20?,26+,28+/m1/s1. The van der Waals surface area contributed by atoms with Crippen LogP contribution in [0.5, 0.6) is 0 Å². The fourth-order valence-electron chi connectivity index (χ4n) is 6.12. The number of nitrogens with one attached hydrogen (secondary N) is 1. The summed E-state index contributed by atoms with van der Waals surface area (Å²) in [7, 11) is 0. The normalized spacial score (nSPS) is 22.7. The molecule has 3 aliphatic rings. The third-order valence-electron chi connectivity index (χ3n) is 8.65. The van der Waals surface area contributed by atoms with E-state index < -0.39 is 6.04 Å². The lowest BCUT2D eigenvalue weighted by Crippen LogP contribution is -2.54. The lowest BCUT2D eigenvalue weighted by molar-refractivity contribution is -0.140. The zero-order valence-electron chi connectivity index (χ0n) is 23.1. The second-order valence-electron chi connectivity index (χ2n) is 11.1. The van der Waals surface area contributed by atoms with Crippen LogP contribution >= 0.6 is 11.3 Å². The molecule has 1 aromatic heterocycles. The molecule has 0 saturated carbocycles. The molecule has 0 spiro atoms. The number of benzene rings is 1. The van der Waals surface area contributed by atoms with Crippen LogP contribution in [0.15, 0.2) is 23.6 Å². The molecule has 39 heavy (non-hydrogen) atoms. The lowest BCUT2D eigenvalue weighted by Gasteiger charge is -2.35. The molecule has 8 heteroatoms. The van der Waals surface area contributed by atoms with E-state index in [1.54, 1.807) is 11.3 Å². The van der Waals surface area contributed by atoms with Crippen molar-refractivity contribution in [3.05, 3.63) is 45.3 Å². The number of likely N-dealkylation sites (tertiary alicyclic amines) is 1. The first kappa shape index (κ1) is 27.5. The number of carbonyl (C=O) groups is 2. The fraction of sp³-hybridized carbons (Fsp3) is 0.548. The maximum atomic E-state index is 14.1. The van der Waals surface area contributed by atoms with E-state index >= 15 is 0 Å². The third kappa shape index (κ3) is 5.53. The number of thiazole rings is 1. The van der Waals surface area contributed by atoms with E-state index in [0.29, 0.717) is 31.2 Å². The molecule has 1 aliphatic carbocycles. The van der Waals surface area contributed by atoms with Gasteiger partial charge in [0.1, 0.15) is 11.0 Å². The number of nitrogens with zero attached hydrogens (tertiary/aromatic N) is 3. The largest absolute Gasteiger partial charge is 0.381 e. The average Bonchev–Trinajstić information content (AvgIpc) is 3.65. The smallest absolute Gasteiger partial charge is 0.246 e. The highest BCUT2D eigenvalue weighted by molar-refractivity contribution is 7.10. The minimum Gasteiger partial charge on any atom is -0.381 e. The molecule has 0 bridgehead atoms. The summed E-state index contributed by atoms with van der Waals surface area (Å²) in [6, 6.07) is 5.62. The average molecular weight is 547 g/mol. The van der Waals surface area contributed by atoms with Gasteiger partial charge >= 0.3 is 0 Å². The first-order valence-corrected chi connectivity index (χ1v) is 15.2. The summed E-state index contributed by atoms with van der Waals surface area (Å²) < 4.78 is 5.56. The van der Waals surface area contributed by atoms with Gasteiger partial charge in [-0.05, 0) is 67.6 Å². The molecule has 1 aromatic carbocycles. The van der Waals surface area contributed by atoms with Crippen molar-refractivity contribution in [2.75, 3.05) is 19.8 Å². The molecule has 3 heterocycles. The van der Waals surface area contributed by atoms with E-state index in [0.717, 1.165) is 60.4 Å². The summed E-state index contributed by atoms with van der Waals surface area (Å²) in [4.78, 5) is 34.0. The highest BCUT2D eigenvalue weighted by Crippen LogP contribution is 2.41. The van der Waals surface area contributed by atoms with Crippen LogP contribution in [0, 0.1) is 23.2 Å². The van der Waals surface area contributed by atoms with Gasteiger partial charge < -0.3 is 15.0 Å². The van der Waals surface area contributed by atoms with Gasteiger partial charge in [0.15, 0.2) is 0 Å². The highest BCUT2D eigenvalue weighted by atomic mass is 32.1. The fourth-order valence-corrected chi connectivity index (χ4v) is 7.08. The van der Waals surface area contributed by atoms with E-state index in [9.17, 15) is 14.9 Å². The minimum atomic E-state index is -0.534. The number of amides is 2. The molecular formula is C31H38N4O3S. The van der Waals surface area contributed by atoms with Crippen LogP contribution in [0.2, 0.25) is 0 Å². The van der Waals surface area contributed by atoms with Crippen LogP contribution in [-0.4, -0.2) is 47.5 Å². The van der Waals surface area contributed by atoms with Crippen molar-refractivity contribution in [2.45, 2.75) is 77.3 Å². The predicted octanol–water partition coefficient (Wildman–Crippen LogP) is 5.82. The summed E-state index contributed by atoms with van der Waals surface area (Å²) in [6.07, 6.45) is 9.20. The van der Waals surface area contributed by atoms with Crippen LogP contribution in [0.3, 0.4) is 0 Å². The predicted molar refractivity (Wildman–Crippen MR) is 153 cm³/mol. The zero-order chi connectivity index (χ0) is 27.5. The van der Waals surface area contributed by atoms with Crippen molar-refractivity contribution in [3.8, 4) is 17.3 Å². The Kier molecular flexibility index (Phi) is 8.49. The Morgan fingerprint density at radius 2 is 2.08 bits per heavy atom. The van der Waals surface area contributed by atoms with Gasteiger partial charge in [-0.3, -0.25) is 9.59 Å². The van der Waals surface area contributed by atoms with Crippen molar-refractivity contribution in [1.82, 2.24) is 15.2 Å². The van der Waals surface area contributed by atoms with E-state index in [1.807, 2.05) is 30.9 Å².